The quantitative estimate of drug-likeness (QED) is 0.422. The number of hydrogen-bond donors (Lipinski definition) is 3. The van der Waals surface area contributed by atoms with Crippen LogP contribution in [0.15, 0.2) is 47.7 Å². The minimum Gasteiger partial charge on any atom is -0.507 e. The zero-order chi connectivity index (χ0) is 21.4. The summed E-state index contributed by atoms with van der Waals surface area (Å²) in [6.45, 7) is 12.4. The van der Waals surface area contributed by atoms with E-state index in [0.717, 1.165) is 27.6 Å². The number of aromatic hydroxyl groups is 1. The third-order valence-electron chi connectivity index (χ3n) is 4.96. The molecule has 1 aromatic heterocycles. The fraction of sp³-hybridized carbons (Fsp3) is 0.333. The molecule has 3 N–H and O–H groups in total. The second-order valence-corrected chi connectivity index (χ2v) is 9.41. The van der Waals surface area contributed by atoms with Crippen molar-refractivity contribution >= 4 is 23.0 Å². The van der Waals surface area contributed by atoms with Crippen LogP contribution >= 0.6 is 0 Å². The third-order valence-corrected chi connectivity index (χ3v) is 4.96. The second-order valence-electron chi connectivity index (χ2n) is 9.41. The molecule has 29 heavy (non-hydrogen) atoms. The summed E-state index contributed by atoms with van der Waals surface area (Å²) in [5.41, 5.74) is 6.03. The Morgan fingerprint density at radius 2 is 1.66 bits per heavy atom. The van der Waals surface area contributed by atoms with E-state index in [4.69, 9.17) is 0 Å². The molecule has 2 aromatic carbocycles. The van der Waals surface area contributed by atoms with Crippen LogP contribution < -0.4 is 5.43 Å². The number of para-hydroxylation sites is 1. The van der Waals surface area contributed by atoms with Gasteiger partial charge in [-0.15, -0.1) is 0 Å². The Morgan fingerprint density at radius 3 is 2.24 bits per heavy atom. The molecule has 0 saturated carbocycles. The Morgan fingerprint density at radius 1 is 1.03 bits per heavy atom. The molecule has 0 saturated heterocycles. The fourth-order valence-electron chi connectivity index (χ4n) is 3.37. The first-order valence-electron chi connectivity index (χ1n) is 9.76. The number of nitrogens with one attached hydrogen (secondary N) is 2. The van der Waals surface area contributed by atoms with Crippen LogP contribution in [0.25, 0.3) is 10.9 Å². The number of fused-ring (bicyclic) bond motifs is 1. The van der Waals surface area contributed by atoms with Crippen LogP contribution in [0.3, 0.4) is 0 Å². The van der Waals surface area contributed by atoms with Gasteiger partial charge in [-0.2, -0.15) is 5.10 Å². The highest BCUT2D eigenvalue weighted by atomic mass is 16.3. The average Bonchev–Trinajstić information content (AvgIpc) is 3.09. The number of hydrazone groups is 1. The average molecular weight is 392 g/mol. The molecule has 152 valence electrons. The first-order valence-corrected chi connectivity index (χ1v) is 9.76. The molecule has 1 amide bonds. The van der Waals surface area contributed by atoms with Crippen molar-refractivity contribution in [2.45, 2.75) is 52.4 Å². The van der Waals surface area contributed by atoms with Crippen LogP contribution in [-0.4, -0.2) is 22.2 Å². The van der Waals surface area contributed by atoms with Crippen LogP contribution in [0.1, 0.15) is 68.6 Å². The minimum absolute atomic E-state index is 0.222. The molecular weight excluding hydrogens is 362 g/mol. The number of aromatic nitrogens is 1. The van der Waals surface area contributed by atoms with E-state index in [9.17, 15) is 9.90 Å². The van der Waals surface area contributed by atoms with Crippen LogP contribution in [0.2, 0.25) is 0 Å². The Balaban J connectivity index is 1.90. The molecule has 0 aliphatic carbocycles. The standard InChI is InChI=1S/C24H29N3O2/c1-23(2,3)18-12-15(13-19(21(18)28)24(4,5)6)14-26-27-22(29)17-9-7-8-16-10-11-25-20(16)17/h7-14,25,28H,1-6H3,(H,27,29). The number of aromatic amines is 1. The molecule has 0 bridgehead atoms. The van der Waals surface area contributed by atoms with Crippen LogP contribution in [0, 0.1) is 0 Å². The number of phenols is 1. The first-order chi connectivity index (χ1) is 13.5. The molecule has 0 aliphatic heterocycles. The van der Waals surface area contributed by atoms with Gasteiger partial charge in [0.2, 0.25) is 0 Å². The largest absolute Gasteiger partial charge is 0.507 e. The molecule has 0 unspecified atom stereocenters. The summed E-state index contributed by atoms with van der Waals surface area (Å²) in [5.74, 6) is 0.0461. The van der Waals surface area contributed by atoms with Crippen molar-refractivity contribution < 1.29 is 9.90 Å². The molecule has 0 aliphatic rings. The topological polar surface area (TPSA) is 77.5 Å². The smallest absolute Gasteiger partial charge is 0.273 e. The molecule has 0 radical (unpaired) electrons. The molecule has 0 fully saturated rings. The van der Waals surface area contributed by atoms with E-state index >= 15 is 0 Å². The number of carbonyl (C=O) groups excluding carboxylic acids is 1. The van der Waals surface area contributed by atoms with Gasteiger partial charge in [0.1, 0.15) is 5.75 Å². The molecule has 0 atom stereocenters. The van der Waals surface area contributed by atoms with Crippen molar-refractivity contribution in [3.63, 3.8) is 0 Å². The van der Waals surface area contributed by atoms with Gasteiger partial charge in [0.05, 0.1) is 17.3 Å². The Bertz CT molecular complexity index is 1040. The summed E-state index contributed by atoms with van der Waals surface area (Å²) in [7, 11) is 0. The lowest BCUT2D eigenvalue weighted by molar-refractivity contribution is 0.0956. The normalized spacial score (nSPS) is 12.6. The van der Waals surface area contributed by atoms with Crippen molar-refractivity contribution in [3.05, 3.63) is 64.8 Å². The predicted molar refractivity (Wildman–Crippen MR) is 119 cm³/mol. The molecule has 1 heterocycles. The highest BCUT2D eigenvalue weighted by molar-refractivity contribution is 6.05. The number of amides is 1. The van der Waals surface area contributed by atoms with Crippen molar-refractivity contribution in [1.29, 1.82) is 0 Å². The van der Waals surface area contributed by atoms with Crippen LogP contribution in [-0.2, 0) is 10.8 Å². The predicted octanol–water partition coefficient (Wildman–Crippen LogP) is 5.23. The summed E-state index contributed by atoms with van der Waals surface area (Å²) in [6, 6.07) is 11.3. The van der Waals surface area contributed by atoms with Crippen molar-refractivity contribution in [2.24, 2.45) is 5.10 Å². The highest BCUT2D eigenvalue weighted by Gasteiger charge is 2.26. The molecule has 0 spiro atoms. The van der Waals surface area contributed by atoms with Gasteiger partial charge in [-0.3, -0.25) is 4.79 Å². The molecule has 5 nitrogen and oxygen atoms in total. The fourth-order valence-corrected chi connectivity index (χ4v) is 3.37. The molecule has 3 rings (SSSR count). The van der Waals surface area contributed by atoms with E-state index < -0.39 is 0 Å². The van der Waals surface area contributed by atoms with Crippen molar-refractivity contribution in [1.82, 2.24) is 10.4 Å². The van der Waals surface area contributed by atoms with E-state index in [0.29, 0.717) is 11.3 Å². The lowest BCUT2D eigenvalue weighted by atomic mass is 9.78. The van der Waals surface area contributed by atoms with Crippen LogP contribution in [0.5, 0.6) is 5.75 Å². The zero-order valence-electron chi connectivity index (χ0n) is 17.9. The molecular formula is C24H29N3O2. The number of hydrogen-bond acceptors (Lipinski definition) is 3. The SMILES string of the molecule is CC(C)(C)c1cc(C=NNC(=O)c2cccc3cc[nH]c23)cc(C(C)(C)C)c1O. The lowest BCUT2D eigenvalue weighted by Crippen LogP contribution is -2.19. The number of nitrogens with zero attached hydrogens (tertiary/aromatic N) is 1. The van der Waals surface area contributed by atoms with E-state index in [1.54, 1.807) is 12.3 Å². The summed E-state index contributed by atoms with van der Waals surface area (Å²) < 4.78 is 0. The van der Waals surface area contributed by atoms with E-state index in [1.807, 2.05) is 36.5 Å². The summed E-state index contributed by atoms with van der Waals surface area (Å²) in [5, 5.41) is 16.0. The Kier molecular flexibility index (Phi) is 5.26. The molecule has 3 aromatic rings. The molecule has 5 heteroatoms. The number of rotatable bonds is 3. The Hall–Kier alpha value is -3.08. The van der Waals surface area contributed by atoms with Gasteiger partial charge >= 0.3 is 0 Å². The van der Waals surface area contributed by atoms with E-state index in [2.05, 4.69) is 57.1 Å². The summed E-state index contributed by atoms with van der Waals surface area (Å²) >= 11 is 0. The summed E-state index contributed by atoms with van der Waals surface area (Å²) in [4.78, 5) is 15.7. The van der Waals surface area contributed by atoms with Gasteiger partial charge in [0.15, 0.2) is 0 Å². The van der Waals surface area contributed by atoms with Gasteiger partial charge in [-0.05, 0) is 40.7 Å². The van der Waals surface area contributed by atoms with Gasteiger partial charge in [0, 0.05) is 22.7 Å². The number of carbonyl (C=O) groups is 1. The second kappa shape index (κ2) is 7.39. The van der Waals surface area contributed by atoms with Gasteiger partial charge < -0.3 is 10.1 Å². The zero-order valence-corrected chi connectivity index (χ0v) is 17.9. The number of H-pyrrole nitrogens is 1. The van der Waals surface area contributed by atoms with Crippen molar-refractivity contribution in [2.75, 3.05) is 0 Å². The van der Waals surface area contributed by atoms with Crippen molar-refractivity contribution in [3.8, 4) is 5.75 Å². The summed E-state index contributed by atoms with van der Waals surface area (Å²) in [6.07, 6.45) is 3.43. The maximum Gasteiger partial charge on any atom is 0.273 e. The number of phenolic OH excluding ortho intramolecular Hbond substituents is 1. The lowest BCUT2D eigenvalue weighted by Gasteiger charge is -2.27. The Labute approximate surface area is 171 Å². The highest BCUT2D eigenvalue weighted by Crippen LogP contribution is 2.39. The number of benzene rings is 2. The minimum atomic E-state index is -0.278. The van der Waals surface area contributed by atoms with E-state index in [1.165, 1.54) is 0 Å². The monoisotopic (exact) mass is 391 g/mol. The van der Waals surface area contributed by atoms with Gasteiger partial charge in [-0.25, -0.2) is 5.43 Å². The van der Waals surface area contributed by atoms with Crippen LogP contribution in [0.4, 0.5) is 0 Å². The van der Waals surface area contributed by atoms with Gasteiger partial charge in [0.25, 0.3) is 5.91 Å². The first kappa shape index (κ1) is 20.6. The third kappa shape index (κ3) is 4.34. The van der Waals surface area contributed by atoms with Gasteiger partial charge in [-0.1, -0.05) is 53.7 Å². The maximum absolute atomic E-state index is 12.6. The van der Waals surface area contributed by atoms with E-state index in [-0.39, 0.29) is 16.7 Å². The maximum atomic E-state index is 12.6.